The number of carbonyl (C=O) groups excluding carboxylic acids is 1. The molecule has 2 fully saturated rings. The van der Waals surface area contributed by atoms with Crippen LogP contribution in [0, 0.1) is 23.2 Å². The Bertz CT molecular complexity index is 1090. The van der Waals surface area contributed by atoms with Gasteiger partial charge in [-0.15, -0.1) is 0 Å². The number of aliphatic hydroxyl groups is 2. The number of carbonyl (C=O) groups is 1. The van der Waals surface area contributed by atoms with Gasteiger partial charge in [0.25, 0.3) is 0 Å². The van der Waals surface area contributed by atoms with Gasteiger partial charge < -0.3 is 25.6 Å². The fourth-order valence-corrected chi connectivity index (χ4v) is 6.12. The molecule has 1 amide bonds. The minimum absolute atomic E-state index is 0.0292. The van der Waals surface area contributed by atoms with Crippen molar-refractivity contribution < 1.29 is 19.7 Å². The highest BCUT2D eigenvalue weighted by Gasteiger charge is 2.44. The van der Waals surface area contributed by atoms with E-state index in [4.69, 9.17) is 10.5 Å². The number of unbranched alkanes of at least 4 members (excludes halogenated alkanes) is 1. The maximum Gasteiger partial charge on any atom is 0.225 e. The molecule has 1 aliphatic heterocycles. The van der Waals surface area contributed by atoms with Gasteiger partial charge in [-0.2, -0.15) is 5.26 Å². The van der Waals surface area contributed by atoms with Crippen LogP contribution in [0.5, 0.6) is 0 Å². The third-order valence-corrected chi connectivity index (χ3v) is 8.19. The smallest absolute Gasteiger partial charge is 0.225 e. The quantitative estimate of drug-likeness (QED) is 0.448. The van der Waals surface area contributed by atoms with Crippen LogP contribution >= 0.6 is 0 Å². The maximum absolute atomic E-state index is 13.4. The van der Waals surface area contributed by atoms with E-state index in [0.717, 1.165) is 42.4 Å². The predicted molar refractivity (Wildman–Crippen MR) is 142 cm³/mol. The van der Waals surface area contributed by atoms with Crippen LogP contribution < -0.4 is 5.73 Å². The van der Waals surface area contributed by atoms with Crippen molar-refractivity contribution in [2.24, 2.45) is 17.6 Å². The number of benzene rings is 2. The molecule has 5 atom stereocenters. The van der Waals surface area contributed by atoms with Crippen LogP contribution in [0.25, 0.3) is 11.1 Å². The minimum Gasteiger partial charge on any atom is -0.391 e. The second-order valence-electron chi connectivity index (χ2n) is 10.6. The first-order valence-corrected chi connectivity index (χ1v) is 13.4. The molecule has 0 bridgehead atoms. The lowest BCUT2D eigenvalue weighted by Gasteiger charge is -2.44. The lowest BCUT2D eigenvalue weighted by atomic mass is 9.71. The van der Waals surface area contributed by atoms with Crippen LogP contribution in [0.15, 0.2) is 48.5 Å². The van der Waals surface area contributed by atoms with E-state index in [2.05, 4.69) is 6.07 Å². The van der Waals surface area contributed by atoms with Crippen LogP contribution in [0.1, 0.15) is 56.1 Å². The number of hydrogen-bond donors (Lipinski definition) is 3. The standard InChI is InChI=1S/C30H39N3O4/c1-37-15-6-5-13-30(36,26-12-11-21(19-31)16-25(26)22-8-3-2-4-9-22)24-10-7-14-33(20-24)29(35)23-17-27(32)28(34)18-23/h2-4,8-9,11-12,16,23-24,27-28,34,36H,5-7,10,13-15,17-18,20,32H2,1H3/t23-,24+,27+,28-,30-/m0/s1. The van der Waals surface area contributed by atoms with Gasteiger partial charge in [0, 0.05) is 44.7 Å². The largest absolute Gasteiger partial charge is 0.391 e. The molecule has 37 heavy (non-hydrogen) atoms. The molecular formula is C30H39N3O4. The molecule has 4 rings (SSSR count). The molecule has 0 unspecified atom stereocenters. The van der Waals surface area contributed by atoms with Crippen LogP contribution in [0.2, 0.25) is 0 Å². The first-order chi connectivity index (χ1) is 17.9. The Hall–Kier alpha value is -2.76. The normalized spacial score (nSPS) is 25.4. The number of methoxy groups -OCH3 is 1. The van der Waals surface area contributed by atoms with Crippen molar-refractivity contribution in [3.05, 3.63) is 59.7 Å². The van der Waals surface area contributed by atoms with Gasteiger partial charge in [0.05, 0.1) is 23.3 Å². The number of aliphatic hydroxyl groups excluding tert-OH is 1. The Labute approximate surface area is 219 Å². The number of nitrogens with zero attached hydrogens (tertiary/aromatic N) is 2. The number of nitriles is 1. The van der Waals surface area contributed by atoms with E-state index in [0.29, 0.717) is 44.5 Å². The van der Waals surface area contributed by atoms with Crippen molar-refractivity contribution in [3.8, 4) is 17.2 Å². The van der Waals surface area contributed by atoms with Gasteiger partial charge in [0.1, 0.15) is 0 Å². The second kappa shape index (κ2) is 12.2. The topological polar surface area (TPSA) is 120 Å². The molecule has 7 nitrogen and oxygen atoms in total. The highest BCUT2D eigenvalue weighted by Crippen LogP contribution is 2.44. The van der Waals surface area contributed by atoms with Gasteiger partial charge in [-0.3, -0.25) is 4.79 Å². The summed E-state index contributed by atoms with van der Waals surface area (Å²) < 4.78 is 5.25. The van der Waals surface area contributed by atoms with Crippen molar-refractivity contribution in [1.82, 2.24) is 4.90 Å². The molecular weight excluding hydrogens is 466 g/mol. The summed E-state index contributed by atoms with van der Waals surface area (Å²) in [4.78, 5) is 15.3. The second-order valence-corrected chi connectivity index (χ2v) is 10.6. The first-order valence-electron chi connectivity index (χ1n) is 13.4. The number of piperidine rings is 1. The van der Waals surface area contributed by atoms with Gasteiger partial charge >= 0.3 is 0 Å². The lowest BCUT2D eigenvalue weighted by molar-refractivity contribution is -0.141. The van der Waals surface area contributed by atoms with Crippen molar-refractivity contribution in [2.45, 2.75) is 62.7 Å². The summed E-state index contributed by atoms with van der Waals surface area (Å²) in [6.45, 7) is 1.72. The average Bonchev–Trinajstić information content (AvgIpc) is 3.28. The van der Waals surface area contributed by atoms with Gasteiger partial charge in [0.15, 0.2) is 0 Å². The number of ether oxygens (including phenoxy) is 1. The van der Waals surface area contributed by atoms with Crippen molar-refractivity contribution in [2.75, 3.05) is 26.8 Å². The highest BCUT2D eigenvalue weighted by atomic mass is 16.5. The third kappa shape index (κ3) is 6.05. The molecule has 1 aliphatic carbocycles. The Kier molecular flexibility index (Phi) is 8.99. The van der Waals surface area contributed by atoms with E-state index in [1.807, 2.05) is 47.4 Å². The Morgan fingerprint density at radius 1 is 1.22 bits per heavy atom. The third-order valence-electron chi connectivity index (χ3n) is 8.19. The fraction of sp³-hybridized carbons (Fsp3) is 0.533. The monoisotopic (exact) mass is 505 g/mol. The number of hydrogen-bond acceptors (Lipinski definition) is 6. The van der Waals surface area contributed by atoms with E-state index < -0.39 is 11.7 Å². The maximum atomic E-state index is 13.4. The number of rotatable bonds is 9. The van der Waals surface area contributed by atoms with Crippen LogP contribution in [0.4, 0.5) is 0 Å². The van der Waals surface area contributed by atoms with E-state index >= 15 is 0 Å². The Morgan fingerprint density at radius 2 is 2.00 bits per heavy atom. The van der Waals surface area contributed by atoms with Crippen molar-refractivity contribution >= 4 is 5.91 Å². The van der Waals surface area contributed by atoms with Gasteiger partial charge in [0.2, 0.25) is 5.91 Å². The first kappa shape index (κ1) is 27.3. The Balaban J connectivity index is 1.68. The van der Waals surface area contributed by atoms with E-state index in [1.54, 1.807) is 13.2 Å². The van der Waals surface area contributed by atoms with Gasteiger partial charge in [-0.1, -0.05) is 36.4 Å². The predicted octanol–water partition coefficient (Wildman–Crippen LogP) is 3.57. The van der Waals surface area contributed by atoms with E-state index in [1.165, 1.54) is 0 Å². The molecule has 1 saturated heterocycles. The zero-order chi connectivity index (χ0) is 26.4. The lowest BCUT2D eigenvalue weighted by Crippen LogP contribution is -2.49. The molecule has 2 aromatic rings. The summed E-state index contributed by atoms with van der Waals surface area (Å²) in [5.41, 5.74) is 7.94. The number of nitrogens with two attached hydrogens (primary N) is 1. The van der Waals surface area contributed by atoms with E-state index in [-0.39, 0.29) is 23.8 Å². The molecule has 0 aromatic heterocycles. The summed E-state index contributed by atoms with van der Waals surface area (Å²) in [5, 5.41) is 32.2. The average molecular weight is 506 g/mol. The van der Waals surface area contributed by atoms with Gasteiger partial charge in [-0.25, -0.2) is 0 Å². The van der Waals surface area contributed by atoms with Crippen LogP contribution in [-0.4, -0.2) is 60.0 Å². The zero-order valence-corrected chi connectivity index (χ0v) is 21.7. The Morgan fingerprint density at radius 3 is 2.68 bits per heavy atom. The molecule has 198 valence electrons. The molecule has 0 spiro atoms. The number of amides is 1. The molecule has 4 N–H and O–H groups in total. The SMILES string of the molecule is COCCCC[C@@](O)(c1ccc(C#N)cc1-c1ccccc1)[C@@H]1CCCN(C(=O)[C@H]2C[C@@H](N)[C@@H](O)C2)C1. The molecule has 2 aromatic carbocycles. The zero-order valence-electron chi connectivity index (χ0n) is 21.7. The summed E-state index contributed by atoms with van der Waals surface area (Å²) in [5.74, 6) is -0.405. The molecule has 7 heteroatoms. The molecule has 0 radical (unpaired) electrons. The van der Waals surface area contributed by atoms with Crippen LogP contribution in [-0.2, 0) is 15.1 Å². The summed E-state index contributed by atoms with van der Waals surface area (Å²) >= 11 is 0. The summed E-state index contributed by atoms with van der Waals surface area (Å²) in [6.07, 6.45) is 3.98. The van der Waals surface area contributed by atoms with Crippen molar-refractivity contribution in [3.63, 3.8) is 0 Å². The fourth-order valence-electron chi connectivity index (χ4n) is 6.12. The van der Waals surface area contributed by atoms with Crippen LogP contribution in [0.3, 0.4) is 0 Å². The summed E-state index contributed by atoms with van der Waals surface area (Å²) in [6, 6.07) is 17.3. The molecule has 1 heterocycles. The molecule has 1 saturated carbocycles. The summed E-state index contributed by atoms with van der Waals surface area (Å²) in [7, 11) is 1.68. The minimum atomic E-state index is -1.18. The van der Waals surface area contributed by atoms with Gasteiger partial charge in [-0.05, 0) is 73.8 Å². The molecule has 2 aliphatic rings. The van der Waals surface area contributed by atoms with E-state index in [9.17, 15) is 20.3 Å². The number of likely N-dealkylation sites (tertiary alicyclic amines) is 1. The van der Waals surface area contributed by atoms with Crippen molar-refractivity contribution in [1.29, 1.82) is 5.26 Å². The highest BCUT2D eigenvalue weighted by molar-refractivity contribution is 5.79.